The standard InChI is InChI=1S/C14H11N/c1-11-10-13(15-2)8-9-14(11)12-6-4-3-5-7-12/h3-10H,1H3. The maximum absolute atomic E-state index is 6.94. The topological polar surface area (TPSA) is 4.36 Å². The van der Waals surface area contributed by atoms with Crippen LogP contribution in [-0.2, 0) is 0 Å². The van der Waals surface area contributed by atoms with Crippen molar-refractivity contribution in [3.8, 4) is 11.1 Å². The van der Waals surface area contributed by atoms with Crippen molar-refractivity contribution >= 4 is 5.69 Å². The Bertz CT molecular complexity index is 507. The average Bonchev–Trinajstić information content (AvgIpc) is 2.30. The van der Waals surface area contributed by atoms with E-state index >= 15 is 0 Å². The Kier molecular flexibility index (Phi) is 2.51. The van der Waals surface area contributed by atoms with Gasteiger partial charge in [0.25, 0.3) is 0 Å². The Morgan fingerprint density at radius 1 is 1.00 bits per heavy atom. The van der Waals surface area contributed by atoms with Crippen LogP contribution in [0, 0.1) is 13.5 Å². The first kappa shape index (κ1) is 9.48. The van der Waals surface area contributed by atoms with Crippen LogP contribution < -0.4 is 0 Å². The molecule has 15 heavy (non-hydrogen) atoms. The van der Waals surface area contributed by atoms with Gasteiger partial charge in [0.15, 0.2) is 5.69 Å². The van der Waals surface area contributed by atoms with Crippen LogP contribution in [0.4, 0.5) is 5.69 Å². The van der Waals surface area contributed by atoms with Gasteiger partial charge in [-0.3, -0.25) is 0 Å². The third-order valence-electron chi connectivity index (χ3n) is 2.42. The SMILES string of the molecule is [C-]#[N+]c1ccc(-c2ccccc2)c(C)c1. The summed E-state index contributed by atoms with van der Waals surface area (Å²) in [6.45, 7) is 8.98. The van der Waals surface area contributed by atoms with E-state index in [0.717, 1.165) is 5.56 Å². The van der Waals surface area contributed by atoms with Gasteiger partial charge < -0.3 is 0 Å². The van der Waals surface area contributed by atoms with Crippen LogP contribution in [0.15, 0.2) is 48.5 Å². The van der Waals surface area contributed by atoms with Crippen molar-refractivity contribution in [1.82, 2.24) is 0 Å². The van der Waals surface area contributed by atoms with Crippen LogP contribution in [0.2, 0.25) is 0 Å². The Morgan fingerprint density at radius 2 is 1.73 bits per heavy atom. The summed E-state index contributed by atoms with van der Waals surface area (Å²) in [5.74, 6) is 0. The Hall–Kier alpha value is -2.07. The second-order valence-corrected chi connectivity index (χ2v) is 3.48. The molecule has 0 aliphatic carbocycles. The number of nitrogens with zero attached hydrogens (tertiary/aromatic N) is 1. The monoisotopic (exact) mass is 193 g/mol. The molecule has 0 saturated heterocycles. The van der Waals surface area contributed by atoms with Gasteiger partial charge in [-0.25, -0.2) is 4.85 Å². The van der Waals surface area contributed by atoms with Gasteiger partial charge in [0.1, 0.15) is 0 Å². The molecule has 2 aromatic carbocycles. The molecular weight excluding hydrogens is 182 g/mol. The van der Waals surface area contributed by atoms with Gasteiger partial charge in [-0.1, -0.05) is 54.1 Å². The van der Waals surface area contributed by atoms with E-state index in [4.69, 9.17) is 6.57 Å². The smallest absolute Gasteiger partial charge is 0.187 e. The first-order chi connectivity index (χ1) is 7.31. The van der Waals surface area contributed by atoms with Crippen LogP contribution in [0.25, 0.3) is 16.0 Å². The normalized spacial score (nSPS) is 9.60. The van der Waals surface area contributed by atoms with E-state index in [1.54, 1.807) is 0 Å². The minimum absolute atomic E-state index is 0.701. The second kappa shape index (κ2) is 3.98. The number of benzene rings is 2. The summed E-state index contributed by atoms with van der Waals surface area (Å²) in [5.41, 5.74) is 4.25. The molecule has 0 fully saturated rings. The summed E-state index contributed by atoms with van der Waals surface area (Å²) in [6, 6.07) is 16.0. The highest BCUT2D eigenvalue weighted by molar-refractivity contribution is 5.70. The van der Waals surface area contributed by atoms with Crippen molar-refractivity contribution in [1.29, 1.82) is 0 Å². The Balaban J connectivity index is 2.52. The maximum atomic E-state index is 6.94. The van der Waals surface area contributed by atoms with E-state index in [2.05, 4.69) is 17.0 Å². The van der Waals surface area contributed by atoms with Crippen LogP contribution in [0.1, 0.15) is 5.56 Å². The van der Waals surface area contributed by atoms with E-state index in [-0.39, 0.29) is 0 Å². The quantitative estimate of drug-likeness (QED) is 0.597. The molecule has 0 bridgehead atoms. The minimum atomic E-state index is 0.701. The first-order valence-electron chi connectivity index (χ1n) is 4.85. The molecule has 0 spiro atoms. The van der Waals surface area contributed by atoms with E-state index in [1.165, 1.54) is 11.1 Å². The molecule has 0 aliphatic heterocycles. The van der Waals surface area contributed by atoms with E-state index in [0.29, 0.717) is 5.69 Å². The van der Waals surface area contributed by atoms with Crippen molar-refractivity contribution in [2.24, 2.45) is 0 Å². The third kappa shape index (κ3) is 1.89. The summed E-state index contributed by atoms with van der Waals surface area (Å²) < 4.78 is 0. The molecule has 72 valence electrons. The molecule has 2 rings (SSSR count). The average molecular weight is 193 g/mol. The summed E-state index contributed by atoms with van der Waals surface area (Å²) >= 11 is 0. The van der Waals surface area contributed by atoms with Crippen molar-refractivity contribution in [2.45, 2.75) is 6.92 Å². The van der Waals surface area contributed by atoms with Crippen molar-refractivity contribution < 1.29 is 0 Å². The van der Waals surface area contributed by atoms with Crippen LogP contribution in [-0.4, -0.2) is 0 Å². The first-order valence-corrected chi connectivity index (χ1v) is 4.85. The number of aryl methyl sites for hydroxylation is 1. The molecule has 1 nitrogen and oxygen atoms in total. The van der Waals surface area contributed by atoms with Crippen LogP contribution >= 0.6 is 0 Å². The van der Waals surface area contributed by atoms with Crippen molar-refractivity contribution in [3.63, 3.8) is 0 Å². The highest BCUT2D eigenvalue weighted by atomic mass is 14.6. The highest BCUT2D eigenvalue weighted by Gasteiger charge is 2.01. The molecule has 0 heterocycles. The number of hydrogen-bond acceptors (Lipinski definition) is 0. The fourth-order valence-electron chi connectivity index (χ4n) is 1.66. The van der Waals surface area contributed by atoms with Gasteiger partial charge in [-0.05, 0) is 18.1 Å². The lowest BCUT2D eigenvalue weighted by Gasteiger charge is -2.05. The van der Waals surface area contributed by atoms with Gasteiger partial charge in [0.2, 0.25) is 0 Å². The summed E-state index contributed by atoms with van der Waals surface area (Å²) in [5, 5.41) is 0. The zero-order valence-corrected chi connectivity index (χ0v) is 8.57. The highest BCUT2D eigenvalue weighted by Crippen LogP contribution is 2.26. The lowest BCUT2D eigenvalue weighted by molar-refractivity contribution is 1.46. The van der Waals surface area contributed by atoms with Crippen LogP contribution in [0.5, 0.6) is 0 Å². The van der Waals surface area contributed by atoms with Crippen molar-refractivity contribution in [3.05, 3.63) is 65.5 Å². The van der Waals surface area contributed by atoms with Gasteiger partial charge in [-0.15, -0.1) is 0 Å². The van der Waals surface area contributed by atoms with E-state index < -0.39 is 0 Å². The minimum Gasteiger partial charge on any atom is -0.238 e. The molecule has 0 aliphatic rings. The molecule has 0 saturated carbocycles. The number of hydrogen-bond donors (Lipinski definition) is 0. The van der Waals surface area contributed by atoms with Gasteiger partial charge >= 0.3 is 0 Å². The predicted molar refractivity (Wildman–Crippen MR) is 62.9 cm³/mol. The fourth-order valence-corrected chi connectivity index (χ4v) is 1.66. The fraction of sp³-hybridized carbons (Fsp3) is 0.0714. The predicted octanol–water partition coefficient (Wildman–Crippen LogP) is 4.21. The van der Waals surface area contributed by atoms with Gasteiger partial charge in [0.05, 0.1) is 6.57 Å². The summed E-state index contributed by atoms with van der Waals surface area (Å²) in [7, 11) is 0. The van der Waals surface area contributed by atoms with E-state index in [9.17, 15) is 0 Å². The third-order valence-corrected chi connectivity index (χ3v) is 2.42. The molecular formula is C14H11N. The lowest BCUT2D eigenvalue weighted by atomic mass is 10.0. The van der Waals surface area contributed by atoms with Crippen LogP contribution in [0.3, 0.4) is 0 Å². The zero-order valence-electron chi connectivity index (χ0n) is 8.57. The van der Waals surface area contributed by atoms with E-state index in [1.807, 2.05) is 43.3 Å². The molecule has 0 aromatic heterocycles. The molecule has 0 N–H and O–H groups in total. The maximum Gasteiger partial charge on any atom is 0.187 e. The molecule has 0 atom stereocenters. The molecule has 0 radical (unpaired) electrons. The van der Waals surface area contributed by atoms with Gasteiger partial charge in [0, 0.05) is 0 Å². The zero-order chi connectivity index (χ0) is 10.7. The largest absolute Gasteiger partial charge is 0.238 e. The van der Waals surface area contributed by atoms with Gasteiger partial charge in [-0.2, -0.15) is 0 Å². The number of rotatable bonds is 1. The second-order valence-electron chi connectivity index (χ2n) is 3.48. The van der Waals surface area contributed by atoms with Crippen molar-refractivity contribution in [2.75, 3.05) is 0 Å². The summed E-state index contributed by atoms with van der Waals surface area (Å²) in [6.07, 6.45) is 0. The Labute approximate surface area is 89.8 Å². The molecule has 1 heteroatoms. The lowest BCUT2D eigenvalue weighted by Crippen LogP contribution is -1.81. The Morgan fingerprint density at radius 3 is 2.33 bits per heavy atom. The molecule has 0 amide bonds. The summed E-state index contributed by atoms with van der Waals surface area (Å²) in [4.78, 5) is 3.42. The molecule has 2 aromatic rings. The molecule has 0 unspecified atom stereocenters.